The largest absolute Gasteiger partial charge is 0.121 e. The number of hydrogen-bond acceptors (Lipinski definition) is 0. The first-order valence-corrected chi connectivity index (χ1v) is 7.21. The van der Waals surface area contributed by atoms with E-state index >= 15 is 0 Å². The molecule has 0 amide bonds. The molecule has 1 heteroatoms. The molecule has 1 aliphatic heterocycles. The highest BCUT2D eigenvalue weighted by Crippen LogP contribution is 2.69. The SMILES string of the molecule is CC(C)(C)C1(C(C)(C)C)C2CBCC1CC2. The lowest BCUT2D eigenvalue weighted by Gasteiger charge is -2.60. The molecule has 0 nitrogen and oxygen atoms in total. The van der Waals surface area contributed by atoms with Gasteiger partial charge in [0.2, 0.25) is 0 Å². The van der Waals surface area contributed by atoms with Gasteiger partial charge in [-0.25, -0.2) is 0 Å². The first kappa shape index (κ1) is 12.5. The monoisotopic (exact) mass is 220 g/mol. The summed E-state index contributed by atoms with van der Waals surface area (Å²) in [6.07, 6.45) is 5.98. The van der Waals surface area contributed by atoms with Crippen molar-refractivity contribution in [1.29, 1.82) is 0 Å². The maximum absolute atomic E-state index is 2.49. The summed E-state index contributed by atoms with van der Waals surface area (Å²) in [6, 6.07) is 0. The maximum atomic E-state index is 2.49. The van der Waals surface area contributed by atoms with Crippen molar-refractivity contribution < 1.29 is 0 Å². The molecule has 16 heavy (non-hydrogen) atoms. The Morgan fingerprint density at radius 2 is 1.19 bits per heavy atom. The third-order valence-corrected chi connectivity index (χ3v) is 5.74. The van der Waals surface area contributed by atoms with Gasteiger partial charge in [-0.2, -0.15) is 0 Å². The molecule has 0 radical (unpaired) electrons. The summed E-state index contributed by atoms with van der Waals surface area (Å²) in [4.78, 5) is 0. The van der Waals surface area contributed by atoms with E-state index in [2.05, 4.69) is 41.5 Å². The summed E-state index contributed by atoms with van der Waals surface area (Å²) in [7, 11) is 1.49. The van der Waals surface area contributed by atoms with Crippen LogP contribution in [0.15, 0.2) is 0 Å². The third-order valence-electron chi connectivity index (χ3n) is 5.74. The van der Waals surface area contributed by atoms with Gasteiger partial charge in [-0.15, -0.1) is 0 Å². The van der Waals surface area contributed by atoms with Gasteiger partial charge in [-0.05, 0) is 28.1 Å². The molecular weight excluding hydrogens is 191 g/mol. The van der Waals surface area contributed by atoms with E-state index in [-0.39, 0.29) is 0 Å². The Hall–Kier alpha value is 0.0649. The van der Waals surface area contributed by atoms with Crippen molar-refractivity contribution in [3.63, 3.8) is 0 Å². The van der Waals surface area contributed by atoms with Crippen molar-refractivity contribution in [3.05, 3.63) is 0 Å². The zero-order chi connectivity index (χ0) is 12.2. The smallest absolute Gasteiger partial charge is 0.0740 e. The predicted molar refractivity (Wildman–Crippen MR) is 74.3 cm³/mol. The minimum atomic E-state index is 0.456. The molecule has 2 fully saturated rings. The second kappa shape index (κ2) is 3.53. The summed E-state index contributed by atoms with van der Waals surface area (Å²) >= 11 is 0. The Bertz CT molecular complexity index is 234. The van der Waals surface area contributed by atoms with E-state index in [1.54, 1.807) is 0 Å². The summed E-state index contributed by atoms with van der Waals surface area (Å²) in [5.74, 6) is 1.98. The van der Waals surface area contributed by atoms with Gasteiger partial charge in [0.25, 0.3) is 0 Å². The maximum Gasteiger partial charge on any atom is 0.121 e. The van der Waals surface area contributed by atoms with E-state index in [0.717, 1.165) is 11.8 Å². The molecule has 0 spiro atoms. The average Bonchev–Trinajstić information content (AvgIpc) is 2.30. The fourth-order valence-corrected chi connectivity index (χ4v) is 6.12. The molecule has 2 bridgehead atoms. The molecule has 0 aromatic heterocycles. The van der Waals surface area contributed by atoms with Gasteiger partial charge in [0, 0.05) is 0 Å². The molecule has 92 valence electrons. The molecule has 2 rings (SSSR count). The highest BCUT2D eigenvalue weighted by molar-refractivity contribution is 6.36. The second-order valence-corrected chi connectivity index (χ2v) is 8.27. The topological polar surface area (TPSA) is 0 Å². The summed E-state index contributed by atoms with van der Waals surface area (Å²) < 4.78 is 0. The molecule has 0 aromatic rings. The molecule has 0 aromatic carbocycles. The first-order valence-electron chi connectivity index (χ1n) is 7.21. The molecule has 2 atom stereocenters. The fourth-order valence-electron chi connectivity index (χ4n) is 6.12. The standard InChI is InChI=1S/C15H29B/c1-13(2,3)15(14(4,5)6)11-7-8-12(15)10-16-9-11/h11-12,16H,7-10H2,1-6H3. The van der Waals surface area contributed by atoms with Crippen LogP contribution in [0.5, 0.6) is 0 Å². The Kier molecular flexibility index (Phi) is 2.76. The van der Waals surface area contributed by atoms with Gasteiger partial charge in [0.15, 0.2) is 0 Å². The van der Waals surface area contributed by atoms with E-state index in [1.165, 1.54) is 32.8 Å². The highest BCUT2D eigenvalue weighted by atomic mass is 14.7. The van der Waals surface area contributed by atoms with Crippen LogP contribution in [0, 0.1) is 28.1 Å². The summed E-state index contributed by atoms with van der Waals surface area (Å²) in [5.41, 5.74) is 1.49. The quantitative estimate of drug-likeness (QED) is 0.531. The Balaban J connectivity index is 2.51. The van der Waals surface area contributed by atoms with Crippen LogP contribution < -0.4 is 0 Å². The van der Waals surface area contributed by atoms with E-state index in [4.69, 9.17) is 0 Å². The van der Waals surface area contributed by atoms with Crippen molar-refractivity contribution in [1.82, 2.24) is 0 Å². The minimum Gasteiger partial charge on any atom is -0.0740 e. The molecule has 0 N–H and O–H groups in total. The van der Waals surface area contributed by atoms with Crippen LogP contribution in [0.3, 0.4) is 0 Å². The zero-order valence-electron chi connectivity index (χ0n) is 12.2. The van der Waals surface area contributed by atoms with Crippen molar-refractivity contribution in [2.75, 3.05) is 0 Å². The second-order valence-electron chi connectivity index (χ2n) is 8.27. The van der Waals surface area contributed by atoms with Crippen LogP contribution in [-0.4, -0.2) is 7.28 Å². The fraction of sp³-hybridized carbons (Fsp3) is 1.00. The number of hydrogen-bond donors (Lipinski definition) is 0. The third kappa shape index (κ3) is 1.42. The van der Waals surface area contributed by atoms with Crippen molar-refractivity contribution >= 4 is 7.28 Å². The van der Waals surface area contributed by atoms with Crippen LogP contribution in [0.1, 0.15) is 54.4 Å². The molecule has 1 heterocycles. The molecule has 1 saturated heterocycles. The molecule has 2 aliphatic rings. The van der Waals surface area contributed by atoms with Crippen molar-refractivity contribution in [2.24, 2.45) is 28.1 Å². The van der Waals surface area contributed by atoms with Crippen LogP contribution in [0.25, 0.3) is 0 Å². The van der Waals surface area contributed by atoms with Crippen molar-refractivity contribution in [2.45, 2.75) is 67.0 Å². The Morgan fingerprint density at radius 1 is 0.812 bits per heavy atom. The van der Waals surface area contributed by atoms with E-state index < -0.39 is 0 Å². The summed E-state index contributed by atoms with van der Waals surface area (Å²) in [5, 5.41) is 0. The first-order chi connectivity index (χ1) is 7.21. The van der Waals surface area contributed by atoms with Crippen LogP contribution in [-0.2, 0) is 0 Å². The zero-order valence-corrected chi connectivity index (χ0v) is 12.2. The normalized spacial score (nSPS) is 33.6. The molecule has 1 aliphatic carbocycles. The van der Waals surface area contributed by atoms with Crippen LogP contribution in [0.4, 0.5) is 0 Å². The van der Waals surface area contributed by atoms with Gasteiger partial charge in [-0.1, -0.05) is 67.0 Å². The molecule has 1 saturated carbocycles. The van der Waals surface area contributed by atoms with Crippen LogP contribution in [0.2, 0.25) is 12.6 Å². The summed E-state index contributed by atoms with van der Waals surface area (Å²) in [6.45, 7) is 15.0. The lowest BCUT2D eigenvalue weighted by atomic mass is 9.38. The lowest BCUT2D eigenvalue weighted by molar-refractivity contribution is -0.0977. The van der Waals surface area contributed by atoms with Gasteiger partial charge in [0.1, 0.15) is 7.28 Å². The Labute approximate surface area is 103 Å². The van der Waals surface area contributed by atoms with Crippen LogP contribution >= 0.6 is 0 Å². The average molecular weight is 220 g/mol. The van der Waals surface area contributed by atoms with Gasteiger partial charge < -0.3 is 0 Å². The number of rotatable bonds is 0. The van der Waals surface area contributed by atoms with E-state index in [1.807, 2.05) is 0 Å². The predicted octanol–water partition coefficient (Wildman–Crippen LogP) is 4.38. The van der Waals surface area contributed by atoms with Gasteiger partial charge in [-0.3, -0.25) is 0 Å². The number of fused-ring (bicyclic) bond motifs is 2. The van der Waals surface area contributed by atoms with Crippen molar-refractivity contribution in [3.8, 4) is 0 Å². The molecule has 2 unspecified atom stereocenters. The minimum absolute atomic E-state index is 0.456. The van der Waals surface area contributed by atoms with Gasteiger partial charge >= 0.3 is 0 Å². The highest BCUT2D eigenvalue weighted by Gasteiger charge is 2.62. The lowest BCUT2D eigenvalue weighted by Crippen LogP contribution is -2.55. The molecular formula is C15H29B. The van der Waals surface area contributed by atoms with E-state index in [9.17, 15) is 0 Å². The van der Waals surface area contributed by atoms with Gasteiger partial charge in [0.05, 0.1) is 0 Å². The Morgan fingerprint density at radius 3 is 1.44 bits per heavy atom. The van der Waals surface area contributed by atoms with E-state index in [0.29, 0.717) is 16.2 Å².